The van der Waals surface area contributed by atoms with Crippen LogP contribution in [-0.4, -0.2) is 82.5 Å². The van der Waals surface area contributed by atoms with Crippen LogP contribution in [0, 0.1) is 0 Å². The summed E-state index contributed by atoms with van der Waals surface area (Å²) in [7, 11) is 0. The highest BCUT2D eigenvalue weighted by Gasteiger charge is 2.29. The van der Waals surface area contributed by atoms with E-state index >= 15 is 0 Å². The number of piperidine rings is 1. The average molecular weight is 539 g/mol. The Morgan fingerprint density at radius 2 is 1.85 bits per heavy atom. The fourth-order valence-corrected chi connectivity index (χ4v) is 5.28. The second kappa shape index (κ2) is 11.6. The summed E-state index contributed by atoms with van der Waals surface area (Å²) >= 11 is 0. The van der Waals surface area contributed by atoms with E-state index in [1.165, 1.54) is 0 Å². The molecule has 1 N–H and O–H groups in total. The third-order valence-corrected chi connectivity index (χ3v) is 7.00. The number of anilines is 1. The van der Waals surface area contributed by atoms with Crippen molar-refractivity contribution in [3.63, 3.8) is 0 Å². The zero-order valence-electron chi connectivity index (χ0n) is 22.0. The molecule has 3 aromatic rings. The number of fused-ring (bicyclic) bond motifs is 1. The Kier molecular flexibility index (Phi) is 7.97. The first-order valence-electron chi connectivity index (χ1n) is 13.2. The summed E-state index contributed by atoms with van der Waals surface area (Å²) in [6.07, 6.45) is 0.0903. The Bertz CT molecular complexity index is 1350. The molecule has 0 unspecified atom stereocenters. The largest absolute Gasteiger partial charge is 0.372 e. The van der Waals surface area contributed by atoms with E-state index < -0.39 is 12.3 Å². The maximum absolute atomic E-state index is 12.8. The van der Waals surface area contributed by atoms with Crippen LogP contribution in [0.15, 0.2) is 42.6 Å². The predicted octanol–water partition coefficient (Wildman–Crippen LogP) is 3.22. The maximum atomic E-state index is 12.8. The highest BCUT2D eigenvalue weighted by molar-refractivity contribution is 5.83. The minimum Gasteiger partial charge on any atom is -0.372 e. The van der Waals surface area contributed by atoms with E-state index in [1.54, 1.807) is 12.3 Å². The first-order valence-corrected chi connectivity index (χ1v) is 13.2. The van der Waals surface area contributed by atoms with Gasteiger partial charge in [-0.3, -0.25) is 14.6 Å². The fraction of sp³-hybridized carbons (Fsp3) is 0.464. The van der Waals surface area contributed by atoms with Crippen molar-refractivity contribution in [3.8, 4) is 11.4 Å². The maximum Gasteiger partial charge on any atom is 0.315 e. The van der Waals surface area contributed by atoms with Gasteiger partial charge in [-0.05, 0) is 57.0 Å². The molecule has 2 saturated heterocycles. The summed E-state index contributed by atoms with van der Waals surface area (Å²) < 4.78 is 31.4. The van der Waals surface area contributed by atoms with E-state index in [-0.39, 0.29) is 43.7 Å². The van der Waals surface area contributed by atoms with Crippen LogP contribution in [-0.2, 0) is 20.7 Å². The standard InChI is InChI=1S/C28H32F2N6O3/c1-17-14-36(15-18(2)39-17)25-7-3-6-22(34-25)23-9-8-19-13-31-21(11-24(19)33-23)12-26(37)32-20-5-4-10-35(16-20)28(38)27(29)30/h3,6-9,11,13,17-18,20,27H,4-5,10,12,14-16H2,1-2H3,(H,32,37)/t17-,18+,20-/m0/s1. The highest BCUT2D eigenvalue weighted by Crippen LogP contribution is 2.24. The van der Waals surface area contributed by atoms with Gasteiger partial charge < -0.3 is 19.9 Å². The summed E-state index contributed by atoms with van der Waals surface area (Å²) in [4.78, 5) is 41.7. The Labute approximate surface area is 225 Å². The topological polar surface area (TPSA) is 101 Å². The molecule has 0 aromatic carbocycles. The summed E-state index contributed by atoms with van der Waals surface area (Å²) in [5.74, 6) is -0.598. The molecule has 206 valence electrons. The third-order valence-electron chi connectivity index (χ3n) is 7.00. The monoisotopic (exact) mass is 538 g/mol. The van der Waals surface area contributed by atoms with E-state index in [0.29, 0.717) is 29.7 Å². The van der Waals surface area contributed by atoms with Crippen LogP contribution in [0.4, 0.5) is 14.6 Å². The lowest BCUT2D eigenvalue weighted by Crippen LogP contribution is -2.51. The molecular formula is C28H32F2N6O3. The molecule has 0 spiro atoms. The molecule has 0 aliphatic carbocycles. The van der Waals surface area contributed by atoms with Crippen LogP contribution in [0.3, 0.4) is 0 Å². The summed E-state index contributed by atoms with van der Waals surface area (Å²) in [6.45, 7) is 6.01. The summed E-state index contributed by atoms with van der Waals surface area (Å²) in [5, 5.41) is 3.69. The van der Waals surface area contributed by atoms with Gasteiger partial charge in [-0.1, -0.05) is 6.07 Å². The lowest BCUT2D eigenvalue weighted by Gasteiger charge is -2.36. The van der Waals surface area contributed by atoms with E-state index in [4.69, 9.17) is 14.7 Å². The van der Waals surface area contributed by atoms with Gasteiger partial charge in [0.05, 0.1) is 41.2 Å². The van der Waals surface area contributed by atoms with Crippen molar-refractivity contribution in [1.29, 1.82) is 0 Å². The highest BCUT2D eigenvalue weighted by atomic mass is 19.3. The van der Waals surface area contributed by atoms with Crippen LogP contribution in [0.5, 0.6) is 0 Å². The van der Waals surface area contributed by atoms with Gasteiger partial charge in [-0.15, -0.1) is 0 Å². The number of hydrogen-bond acceptors (Lipinski definition) is 7. The Hall–Kier alpha value is -3.73. The minimum absolute atomic E-state index is 0.0161. The molecule has 3 aromatic heterocycles. The van der Waals surface area contributed by atoms with Crippen LogP contribution < -0.4 is 10.2 Å². The Morgan fingerprint density at radius 1 is 1.08 bits per heavy atom. The van der Waals surface area contributed by atoms with E-state index in [0.717, 1.165) is 34.9 Å². The molecule has 2 fully saturated rings. The quantitative estimate of drug-likeness (QED) is 0.514. The number of amides is 2. The summed E-state index contributed by atoms with van der Waals surface area (Å²) in [6, 6.07) is 11.1. The van der Waals surface area contributed by atoms with Crippen molar-refractivity contribution in [3.05, 3.63) is 48.3 Å². The zero-order valence-corrected chi connectivity index (χ0v) is 22.0. The first kappa shape index (κ1) is 26.9. The number of alkyl halides is 2. The molecule has 0 saturated carbocycles. The number of aromatic nitrogens is 3. The smallest absolute Gasteiger partial charge is 0.315 e. The normalized spacial score (nSPS) is 21.8. The molecule has 3 atom stereocenters. The van der Waals surface area contributed by atoms with Crippen molar-refractivity contribution < 1.29 is 23.1 Å². The summed E-state index contributed by atoms with van der Waals surface area (Å²) in [5.41, 5.74) is 2.69. The number of nitrogens with one attached hydrogen (secondary N) is 1. The second-order valence-electron chi connectivity index (χ2n) is 10.3. The van der Waals surface area contributed by atoms with E-state index in [1.807, 2.05) is 30.3 Å². The van der Waals surface area contributed by atoms with Gasteiger partial charge in [0.15, 0.2) is 0 Å². The fourth-order valence-electron chi connectivity index (χ4n) is 5.28. The number of halogens is 2. The van der Waals surface area contributed by atoms with Crippen LogP contribution in [0.2, 0.25) is 0 Å². The van der Waals surface area contributed by atoms with Gasteiger partial charge in [-0.25, -0.2) is 9.97 Å². The van der Waals surface area contributed by atoms with Crippen molar-refractivity contribution in [1.82, 2.24) is 25.2 Å². The van der Waals surface area contributed by atoms with Crippen molar-refractivity contribution in [2.24, 2.45) is 0 Å². The molecule has 5 heterocycles. The first-order chi connectivity index (χ1) is 18.7. The molecule has 9 nitrogen and oxygen atoms in total. The number of nitrogens with zero attached hydrogens (tertiary/aromatic N) is 5. The van der Waals surface area contributed by atoms with Crippen molar-refractivity contribution in [2.45, 2.75) is 57.8 Å². The SMILES string of the molecule is C[C@@H]1CN(c2cccc(-c3ccc4cnc(CC(=O)N[C@H]5CCCN(C(=O)C(F)F)C5)cc4n3)n2)C[C@H](C)O1. The van der Waals surface area contributed by atoms with Gasteiger partial charge >= 0.3 is 6.43 Å². The van der Waals surface area contributed by atoms with Crippen LogP contribution in [0.25, 0.3) is 22.3 Å². The molecule has 11 heteroatoms. The van der Waals surface area contributed by atoms with Crippen LogP contribution in [0.1, 0.15) is 32.4 Å². The van der Waals surface area contributed by atoms with Crippen LogP contribution >= 0.6 is 0 Å². The number of likely N-dealkylation sites (tertiary alicyclic amines) is 1. The molecule has 39 heavy (non-hydrogen) atoms. The zero-order chi connectivity index (χ0) is 27.5. The lowest BCUT2D eigenvalue weighted by molar-refractivity contribution is -0.144. The Balaban J connectivity index is 1.28. The third kappa shape index (κ3) is 6.47. The Morgan fingerprint density at radius 3 is 2.62 bits per heavy atom. The van der Waals surface area contributed by atoms with Gasteiger partial charge in [-0.2, -0.15) is 8.78 Å². The molecule has 5 rings (SSSR count). The van der Waals surface area contributed by atoms with Gasteiger partial charge in [0, 0.05) is 43.8 Å². The van der Waals surface area contributed by atoms with Crippen molar-refractivity contribution >= 4 is 28.5 Å². The lowest BCUT2D eigenvalue weighted by atomic mass is 10.1. The van der Waals surface area contributed by atoms with E-state index in [9.17, 15) is 18.4 Å². The molecule has 2 amide bonds. The van der Waals surface area contributed by atoms with Gasteiger partial charge in [0.1, 0.15) is 5.82 Å². The van der Waals surface area contributed by atoms with Gasteiger partial charge in [0.2, 0.25) is 5.91 Å². The second-order valence-corrected chi connectivity index (χ2v) is 10.3. The number of morpholine rings is 1. The van der Waals surface area contributed by atoms with E-state index in [2.05, 4.69) is 29.0 Å². The molecule has 0 radical (unpaired) electrons. The number of hydrogen-bond donors (Lipinski definition) is 1. The minimum atomic E-state index is -3.04. The van der Waals surface area contributed by atoms with Gasteiger partial charge in [0.25, 0.3) is 5.91 Å². The molecule has 2 aliphatic rings. The predicted molar refractivity (Wildman–Crippen MR) is 142 cm³/mol. The number of carbonyl (C=O) groups is 2. The molecule has 2 aliphatic heterocycles. The number of carbonyl (C=O) groups excluding carboxylic acids is 2. The molecular weight excluding hydrogens is 506 g/mol. The number of pyridine rings is 3. The number of rotatable bonds is 6. The van der Waals surface area contributed by atoms with Crippen molar-refractivity contribution in [2.75, 3.05) is 31.1 Å². The average Bonchev–Trinajstić information content (AvgIpc) is 2.92. The number of ether oxygens (including phenoxy) is 1. The molecule has 0 bridgehead atoms.